The van der Waals surface area contributed by atoms with Crippen molar-refractivity contribution in [3.63, 3.8) is 0 Å². The Morgan fingerprint density at radius 2 is 0.529 bits per heavy atom. The molecule has 0 spiro atoms. The van der Waals surface area contributed by atoms with Crippen LogP contribution in [-0.4, -0.2) is 37.2 Å². The SMILES string of the molecule is CCCCCCC/C=C\C/C=C\CCCCCCCCCCCCCC(=O)OCC(COC(=O)CCCCCCCCC)OC(=O)CCCCCCCCCCCCCCCCCCCCCC. The third-order valence-electron chi connectivity index (χ3n) is 13.7. The molecule has 400 valence electrons. The molecule has 0 aromatic rings. The van der Waals surface area contributed by atoms with Crippen molar-refractivity contribution >= 4 is 17.9 Å². The van der Waals surface area contributed by atoms with Gasteiger partial charge in [0.2, 0.25) is 0 Å². The number of ether oxygens (including phenoxy) is 3. The molecule has 0 fully saturated rings. The van der Waals surface area contributed by atoms with E-state index in [9.17, 15) is 14.4 Å². The molecule has 0 aliphatic heterocycles. The van der Waals surface area contributed by atoms with E-state index in [1.54, 1.807) is 0 Å². The molecule has 6 nitrogen and oxygen atoms in total. The van der Waals surface area contributed by atoms with E-state index in [-0.39, 0.29) is 31.1 Å². The molecule has 0 saturated carbocycles. The number of allylic oxidation sites excluding steroid dienone is 4. The van der Waals surface area contributed by atoms with Gasteiger partial charge in [0.25, 0.3) is 0 Å². The van der Waals surface area contributed by atoms with Crippen molar-refractivity contribution in [3.05, 3.63) is 24.3 Å². The van der Waals surface area contributed by atoms with Crippen molar-refractivity contribution in [2.45, 2.75) is 341 Å². The van der Waals surface area contributed by atoms with Crippen molar-refractivity contribution in [3.8, 4) is 0 Å². The van der Waals surface area contributed by atoms with Crippen molar-refractivity contribution in [2.24, 2.45) is 0 Å². The van der Waals surface area contributed by atoms with Crippen LogP contribution in [0.2, 0.25) is 0 Å². The number of unbranched alkanes of at least 4 members (excludes halogenated alkanes) is 41. The lowest BCUT2D eigenvalue weighted by molar-refractivity contribution is -0.167. The van der Waals surface area contributed by atoms with Crippen LogP contribution in [0.25, 0.3) is 0 Å². The Labute approximate surface area is 423 Å². The lowest BCUT2D eigenvalue weighted by Crippen LogP contribution is -2.30. The summed E-state index contributed by atoms with van der Waals surface area (Å²) in [5.41, 5.74) is 0. The standard InChI is InChI=1S/C62H116O6/c1-4-7-10-13-16-18-20-22-24-26-28-30-31-32-34-35-37-39-41-43-46-49-52-55-61(64)67-58-59(57-66-60(63)54-51-48-45-15-12-9-6-3)68-62(65)56-53-50-47-44-42-40-38-36-33-29-27-25-23-21-19-17-14-11-8-5-2/h20,22,26,28,59H,4-19,21,23-25,27,29-58H2,1-3H3/b22-20-,28-26-. The molecule has 0 aromatic heterocycles. The monoisotopic (exact) mass is 957 g/mol. The summed E-state index contributed by atoms with van der Waals surface area (Å²) in [6.07, 6.45) is 67.7. The Morgan fingerprint density at radius 3 is 0.809 bits per heavy atom. The van der Waals surface area contributed by atoms with Crippen LogP contribution in [0, 0.1) is 0 Å². The lowest BCUT2D eigenvalue weighted by atomic mass is 10.0. The molecular formula is C62H116O6. The van der Waals surface area contributed by atoms with Crippen LogP contribution in [0.5, 0.6) is 0 Å². The first-order valence-electron chi connectivity index (χ1n) is 30.3. The zero-order valence-corrected chi connectivity index (χ0v) is 45.9. The van der Waals surface area contributed by atoms with E-state index >= 15 is 0 Å². The second-order valence-corrected chi connectivity index (χ2v) is 20.6. The number of esters is 3. The molecule has 1 unspecified atom stereocenters. The highest BCUT2D eigenvalue weighted by Crippen LogP contribution is 2.17. The maximum atomic E-state index is 12.8. The first kappa shape index (κ1) is 65.9. The van der Waals surface area contributed by atoms with Gasteiger partial charge < -0.3 is 14.2 Å². The second-order valence-electron chi connectivity index (χ2n) is 20.6. The predicted octanol–water partition coefficient (Wildman–Crippen LogP) is 20.3. The van der Waals surface area contributed by atoms with Crippen LogP contribution in [0.1, 0.15) is 335 Å². The minimum absolute atomic E-state index is 0.0671. The van der Waals surface area contributed by atoms with E-state index in [1.807, 2.05) is 0 Å². The molecule has 0 aliphatic carbocycles. The summed E-state index contributed by atoms with van der Waals surface area (Å²) in [5, 5.41) is 0. The third-order valence-corrected chi connectivity index (χ3v) is 13.7. The molecule has 0 saturated heterocycles. The second kappa shape index (κ2) is 57.5. The summed E-state index contributed by atoms with van der Waals surface area (Å²) >= 11 is 0. The molecule has 1 atom stereocenters. The zero-order valence-electron chi connectivity index (χ0n) is 45.9. The van der Waals surface area contributed by atoms with Crippen molar-refractivity contribution in [1.29, 1.82) is 0 Å². The van der Waals surface area contributed by atoms with Crippen LogP contribution in [0.15, 0.2) is 24.3 Å². The highest BCUT2D eigenvalue weighted by Gasteiger charge is 2.19. The summed E-state index contributed by atoms with van der Waals surface area (Å²) in [6.45, 7) is 6.64. The Hall–Kier alpha value is -2.11. The molecule has 0 bridgehead atoms. The number of carbonyl (C=O) groups is 3. The van der Waals surface area contributed by atoms with Crippen molar-refractivity contribution < 1.29 is 28.6 Å². The van der Waals surface area contributed by atoms with Gasteiger partial charge in [0.15, 0.2) is 6.10 Å². The number of rotatable bonds is 56. The summed E-state index contributed by atoms with van der Waals surface area (Å²) < 4.78 is 16.8. The van der Waals surface area contributed by atoms with Gasteiger partial charge in [-0.3, -0.25) is 14.4 Å². The zero-order chi connectivity index (χ0) is 49.3. The number of hydrogen-bond donors (Lipinski definition) is 0. The molecule has 68 heavy (non-hydrogen) atoms. The summed E-state index contributed by atoms with van der Waals surface area (Å²) in [6, 6.07) is 0. The minimum atomic E-state index is -0.765. The molecule has 6 heteroatoms. The van der Waals surface area contributed by atoms with Gasteiger partial charge in [-0.2, -0.15) is 0 Å². The van der Waals surface area contributed by atoms with Crippen molar-refractivity contribution in [1.82, 2.24) is 0 Å². The summed E-state index contributed by atoms with van der Waals surface area (Å²) in [5.74, 6) is -0.854. The Kier molecular flexibility index (Phi) is 55.7. The van der Waals surface area contributed by atoms with E-state index < -0.39 is 6.10 Å². The van der Waals surface area contributed by atoms with Crippen LogP contribution >= 0.6 is 0 Å². The minimum Gasteiger partial charge on any atom is -0.462 e. The van der Waals surface area contributed by atoms with Gasteiger partial charge in [-0.1, -0.05) is 289 Å². The summed E-state index contributed by atoms with van der Waals surface area (Å²) in [7, 11) is 0. The van der Waals surface area contributed by atoms with Gasteiger partial charge in [-0.05, 0) is 51.4 Å². The van der Waals surface area contributed by atoms with Gasteiger partial charge in [0, 0.05) is 19.3 Å². The van der Waals surface area contributed by atoms with Crippen LogP contribution in [-0.2, 0) is 28.6 Å². The van der Waals surface area contributed by atoms with Crippen LogP contribution in [0.4, 0.5) is 0 Å². The highest BCUT2D eigenvalue weighted by atomic mass is 16.6. The predicted molar refractivity (Wildman–Crippen MR) is 293 cm³/mol. The molecule has 0 N–H and O–H groups in total. The van der Waals surface area contributed by atoms with Crippen LogP contribution < -0.4 is 0 Å². The van der Waals surface area contributed by atoms with Gasteiger partial charge >= 0.3 is 17.9 Å². The van der Waals surface area contributed by atoms with Gasteiger partial charge in [-0.15, -0.1) is 0 Å². The molecule has 0 rings (SSSR count). The summed E-state index contributed by atoms with van der Waals surface area (Å²) in [4.78, 5) is 38.0. The Bertz CT molecular complexity index is 1100. The third kappa shape index (κ3) is 54.8. The smallest absolute Gasteiger partial charge is 0.306 e. The largest absolute Gasteiger partial charge is 0.462 e. The van der Waals surface area contributed by atoms with Gasteiger partial charge in [0.1, 0.15) is 13.2 Å². The Balaban J connectivity index is 4.12. The highest BCUT2D eigenvalue weighted by molar-refractivity contribution is 5.71. The molecule has 0 radical (unpaired) electrons. The van der Waals surface area contributed by atoms with Crippen LogP contribution in [0.3, 0.4) is 0 Å². The fourth-order valence-electron chi connectivity index (χ4n) is 9.12. The molecule has 0 aromatic carbocycles. The molecule has 0 heterocycles. The van der Waals surface area contributed by atoms with E-state index in [4.69, 9.17) is 14.2 Å². The molecule has 0 aliphatic rings. The fourth-order valence-corrected chi connectivity index (χ4v) is 9.12. The van der Waals surface area contributed by atoms with E-state index in [2.05, 4.69) is 45.1 Å². The van der Waals surface area contributed by atoms with E-state index in [0.29, 0.717) is 19.3 Å². The normalized spacial score (nSPS) is 12.1. The maximum Gasteiger partial charge on any atom is 0.306 e. The molecule has 0 amide bonds. The van der Waals surface area contributed by atoms with Gasteiger partial charge in [0.05, 0.1) is 0 Å². The Morgan fingerprint density at radius 1 is 0.294 bits per heavy atom. The average Bonchev–Trinajstić information content (AvgIpc) is 3.34. The van der Waals surface area contributed by atoms with Crippen molar-refractivity contribution in [2.75, 3.05) is 13.2 Å². The first-order valence-corrected chi connectivity index (χ1v) is 30.3. The lowest BCUT2D eigenvalue weighted by Gasteiger charge is -2.18. The van der Waals surface area contributed by atoms with E-state index in [0.717, 1.165) is 64.2 Å². The molecular weight excluding hydrogens is 841 g/mol. The van der Waals surface area contributed by atoms with E-state index in [1.165, 1.54) is 231 Å². The first-order chi connectivity index (χ1) is 33.5. The van der Waals surface area contributed by atoms with Gasteiger partial charge in [-0.25, -0.2) is 0 Å². The maximum absolute atomic E-state index is 12.8. The topological polar surface area (TPSA) is 78.9 Å². The number of hydrogen-bond acceptors (Lipinski definition) is 6. The quantitative estimate of drug-likeness (QED) is 0.0262. The average molecular weight is 958 g/mol. The number of carbonyl (C=O) groups excluding carboxylic acids is 3. The fraction of sp³-hybridized carbons (Fsp3) is 0.887.